The summed E-state index contributed by atoms with van der Waals surface area (Å²) in [4.78, 5) is 4.26. The van der Waals surface area contributed by atoms with E-state index >= 15 is 0 Å². The fraction of sp³-hybridized carbons (Fsp3) is 0.0714. The molecule has 0 saturated carbocycles. The number of aryl methyl sites for hydroxylation is 1. The van der Waals surface area contributed by atoms with Crippen molar-refractivity contribution in [1.29, 1.82) is 0 Å². The van der Waals surface area contributed by atoms with Crippen LogP contribution in [0.1, 0.15) is 5.89 Å². The van der Waals surface area contributed by atoms with E-state index in [-0.39, 0.29) is 0 Å². The normalized spacial score (nSPS) is 10.7. The highest BCUT2D eigenvalue weighted by Gasteiger charge is 2.04. The molecule has 0 aliphatic rings. The van der Waals surface area contributed by atoms with Crippen molar-refractivity contribution in [2.45, 2.75) is 6.92 Å². The molecule has 1 aromatic heterocycles. The Morgan fingerprint density at radius 3 is 2.83 bits per heavy atom. The maximum Gasteiger partial charge on any atom is 0.192 e. The van der Waals surface area contributed by atoms with E-state index in [1.807, 2.05) is 49.4 Å². The van der Waals surface area contributed by atoms with Crippen LogP contribution in [0.2, 0.25) is 0 Å². The minimum absolute atomic E-state index is 0.668. The Kier molecular flexibility index (Phi) is 2.41. The molecule has 4 nitrogen and oxygen atoms in total. The fourth-order valence-corrected chi connectivity index (χ4v) is 1.88. The molecule has 4 heteroatoms. The van der Waals surface area contributed by atoms with Gasteiger partial charge < -0.3 is 15.5 Å². The number of hydrogen-bond donors (Lipinski definition) is 2. The molecule has 90 valence electrons. The number of nitrogens with one attached hydrogen (secondary N) is 1. The lowest BCUT2D eigenvalue weighted by Gasteiger charge is -2.08. The van der Waals surface area contributed by atoms with Gasteiger partial charge in [-0.05, 0) is 24.3 Å². The molecule has 0 bridgehead atoms. The molecule has 18 heavy (non-hydrogen) atoms. The average Bonchev–Trinajstić information content (AvgIpc) is 2.71. The second-order valence-electron chi connectivity index (χ2n) is 4.13. The molecule has 1 heterocycles. The van der Waals surface area contributed by atoms with Gasteiger partial charge in [0, 0.05) is 18.7 Å². The van der Waals surface area contributed by atoms with Crippen LogP contribution in [0.25, 0.3) is 11.1 Å². The van der Waals surface area contributed by atoms with E-state index in [4.69, 9.17) is 10.2 Å². The summed E-state index contributed by atoms with van der Waals surface area (Å²) in [7, 11) is 0. The summed E-state index contributed by atoms with van der Waals surface area (Å²) in [6.07, 6.45) is 0. The van der Waals surface area contributed by atoms with Crippen LogP contribution >= 0.6 is 0 Å². The van der Waals surface area contributed by atoms with E-state index < -0.39 is 0 Å². The van der Waals surface area contributed by atoms with Gasteiger partial charge in [0.25, 0.3) is 0 Å². The maximum atomic E-state index is 5.89. The first-order valence-electron chi connectivity index (χ1n) is 5.71. The number of fused-ring (bicyclic) bond motifs is 1. The lowest BCUT2D eigenvalue weighted by molar-refractivity contribution is 0.561. The summed E-state index contributed by atoms with van der Waals surface area (Å²) in [5.41, 5.74) is 10.0. The molecule has 0 aliphatic carbocycles. The van der Waals surface area contributed by atoms with Crippen LogP contribution in [0.15, 0.2) is 46.9 Å². The van der Waals surface area contributed by atoms with Gasteiger partial charge in [-0.3, -0.25) is 0 Å². The summed E-state index contributed by atoms with van der Waals surface area (Å²) in [5.74, 6) is 0.668. The number of hydrogen-bond acceptors (Lipinski definition) is 4. The molecule has 0 aliphatic heterocycles. The first-order chi connectivity index (χ1) is 8.72. The second kappa shape index (κ2) is 4.07. The molecule has 0 atom stereocenters. The third kappa shape index (κ3) is 1.88. The molecule has 0 radical (unpaired) electrons. The minimum atomic E-state index is 0.668. The van der Waals surface area contributed by atoms with Gasteiger partial charge in [0.2, 0.25) is 0 Å². The van der Waals surface area contributed by atoms with Gasteiger partial charge in [0.05, 0.1) is 11.4 Å². The van der Waals surface area contributed by atoms with Crippen LogP contribution in [-0.2, 0) is 0 Å². The van der Waals surface area contributed by atoms with Crippen molar-refractivity contribution >= 4 is 28.2 Å². The minimum Gasteiger partial charge on any atom is -0.441 e. The van der Waals surface area contributed by atoms with Crippen LogP contribution in [0, 0.1) is 6.92 Å². The summed E-state index contributed by atoms with van der Waals surface area (Å²) in [5, 5.41) is 3.26. The van der Waals surface area contributed by atoms with Gasteiger partial charge in [0.1, 0.15) is 5.52 Å². The molecule has 3 N–H and O–H groups in total. The number of nitrogen functional groups attached to an aromatic ring is 1. The molecular weight excluding hydrogens is 226 g/mol. The summed E-state index contributed by atoms with van der Waals surface area (Å²) >= 11 is 0. The highest BCUT2D eigenvalue weighted by atomic mass is 16.3. The third-order valence-electron chi connectivity index (χ3n) is 2.74. The van der Waals surface area contributed by atoms with Gasteiger partial charge in [-0.15, -0.1) is 0 Å². The van der Waals surface area contributed by atoms with Crippen LogP contribution in [-0.4, -0.2) is 4.98 Å². The first kappa shape index (κ1) is 10.7. The number of nitrogens with zero attached hydrogens (tertiary/aromatic N) is 1. The number of nitrogens with two attached hydrogens (primary N) is 1. The second-order valence-corrected chi connectivity index (χ2v) is 4.13. The molecule has 0 fully saturated rings. The molecule has 0 amide bonds. The maximum absolute atomic E-state index is 5.89. The number of oxazole rings is 1. The van der Waals surface area contributed by atoms with Gasteiger partial charge in [-0.1, -0.05) is 12.1 Å². The molecule has 0 saturated heterocycles. The quantitative estimate of drug-likeness (QED) is 0.672. The Morgan fingerprint density at radius 1 is 1.17 bits per heavy atom. The van der Waals surface area contributed by atoms with Crippen LogP contribution in [0.3, 0.4) is 0 Å². The van der Waals surface area contributed by atoms with E-state index in [2.05, 4.69) is 10.3 Å². The largest absolute Gasteiger partial charge is 0.441 e. The molecule has 0 spiro atoms. The Hall–Kier alpha value is -2.49. The summed E-state index contributed by atoms with van der Waals surface area (Å²) in [6, 6.07) is 13.4. The van der Waals surface area contributed by atoms with Crippen molar-refractivity contribution in [2.75, 3.05) is 11.1 Å². The number of anilines is 3. The average molecular weight is 239 g/mol. The Balaban J connectivity index is 1.97. The van der Waals surface area contributed by atoms with Crippen LogP contribution < -0.4 is 11.1 Å². The smallest absolute Gasteiger partial charge is 0.192 e. The molecule has 3 rings (SSSR count). The summed E-state index contributed by atoms with van der Waals surface area (Å²) < 4.78 is 5.49. The van der Waals surface area contributed by atoms with E-state index in [1.54, 1.807) is 0 Å². The van der Waals surface area contributed by atoms with Gasteiger partial charge in [-0.25, -0.2) is 4.98 Å². The van der Waals surface area contributed by atoms with Gasteiger partial charge in [0.15, 0.2) is 11.5 Å². The zero-order valence-corrected chi connectivity index (χ0v) is 9.97. The molecule has 2 aromatic carbocycles. The summed E-state index contributed by atoms with van der Waals surface area (Å²) in [6.45, 7) is 1.84. The Bertz CT molecular complexity index is 703. The number of aromatic nitrogens is 1. The van der Waals surface area contributed by atoms with E-state index in [0.717, 1.165) is 22.5 Å². The first-order valence-corrected chi connectivity index (χ1v) is 5.71. The molecule has 0 unspecified atom stereocenters. The van der Waals surface area contributed by atoms with Crippen molar-refractivity contribution < 1.29 is 4.42 Å². The number of rotatable bonds is 2. The zero-order valence-electron chi connectivity index (χ0n) is 9.97. The van der Waals surface area contributed by atoms with Crippen molar-refractivity contribution in [2.24, 2.45) is 0 Å². The lowest BCUT2D eigenvalue weighted by Crippen LogP contribution is -1.95. The predicted molar refractivity (Wildman–Crippen MR) is 72.9 cm³/mol. The number of para-hydroxylation sites is 2. The van der Waals surface area contributed by atoms with Crippen molar-refractivity contribution in [3.05, 3.63) is 48.4 Å². The zero-order chi connectivity index (χ0) is 12.5. The van der Waals surface area contributed by atoms with Crippen LogP contribution in [0.4, 0.5) is 17.1 Å². The van der Waals surface area contributed by atoms with Crippen molar-refractivity contribution in [1.82, 2.24) is 4.98 Å². The molecule has 3 aromatic rings. The van der Waals surface area contributed by atoms with Crippen molar-refractivity contribution in [3.63, 3.8) is 0 Å². The Morgan fingerprint density at radius 2 is 2.00 bits per heavy atom. The Labute approximate surface area is 104 Å². The standard InChI is InChI=1S/C14H13N3O/c1-9-16-13-7-6-10(8-14(13)18-9)17-12-5-3-2-4-11(12)15/h2-8,17H,15H2,1H3. The van der Waals surface area contributed by atoms with E-state index in [9.17, 15) is 0 Å². The highest BCUT2D eigenvalue weighted by Crippen LogP contribution is 2.25. The van der Waals surface area contributed by atoms with Crippen molar-refractivity contribution in [3.8, 4) is 0 Å². The number of benzene rings is 2. The van der Waals surface area contributed by atoms with Crippen LogP contribution in [0.5, 0.6) is 0 Å². The highest BCUT2D eigenvalue weighted by molar-refractivity contribution is 5.80. The topological polar surface area (TPSA) is 64.1 Å². The third-order valence-corrected chi connectivity index (χ3v) is 2.74. The van der Waals surface area contributed by atoms with Gasteiger partial charge in [-0.2, -0.15) is 0 Å². The molecular formula is C14H13N3O. The van der Waals surface area contributed by atoms with Gasteiger partial charge >= 0.3 is 0 Å². The monoisotopic (exact) mass is 239 g/mol. The predicted octanol–water partition coefficient (Wildman–Crippen LogP) is 3.46. The lowest BCUT2D eigenvalue weighted by atomic mass is 10.2. The fourth-order valence-electron chi connectivity index (χ4n) is 1.88. The van der Waals surface area contributed by atoms with E-state index in [1.165, 1.54) is 0 Å². The SMILES string of the molecule is Cc1nc2ccc(Nc3ccccc3N)cc2o1. The van der Waals surface area contributed by atoms with E-state index in [0.29, 0.717) is 11.6 Å².